The highest BCUT2D eigenvalue weighted by molar-refractivity contribution is 14.0. The number of furan rings is 1. The van der Waals surface area contributed by atoms with Crippen molar-refractivity contribution in [3.8, 4) is 5.75 Å². The van der Waals surface area contributed by atoms with E-state index in [4.69, 9.17) is 9.15 Å². The molecule has 0 aliphatic rings. The van der Waals surface area contributed by atoms with Gasteiger partial charge in [0.2, 0.25) is 0 Å². The van der Waals surface area contributed by atoms with Crippen LogP contribution in [-0.4, -0.2) is 35.9 Å². The van der Waals surface area contributed by atoms with Gasteiger partial charge in [-0.2, -0.15) is 5.10 Å². The number of hydrogen-bond donors (Lipinski definition) is 2. The fraction of sp³-hybridized carbons (Fsp3) is 0.400. The van der Waals surface area contributed by atoms with E-state index in [0.717, 1.165) is 47.1 Å². The van der Waals surface area contributed by atoms with Gasteiger partial charge in [-0.15, -0.1) is 24.0 Å². The van der Waals surface area contributed by atoms with E-state index >= 15 is 0 Å². The highest BCUT2D eigenvalue weighted by atomic mass is 127. The number of para-hydroxylation sites is 1. The number of aliphatic imine (C=N–C) groups is 1. The number of nitrogens with zero attached hydrogens (tertiary/aromatic N) is 3. The van der Waals surface area contributed by atoms with Gasteiger partial charge in [0, 0.05) is 25.2 Å². The number of fused-ring (bicyclic) bond motifs is 1. The zero-order chi connectivity index (χ0) is 19.2. The number of aryl methyl sites for hydroxylation is 1. The summed E-state index contributed by atoms with van der Waals surface area (Å²) in [6, 6.07) is 7.92. The van der Waals surface area contributed by atoms with Crippen molar-refractivity contribution in [2.75, 3.05) is 20.2 Å². The smallest absolute Gasteiger partial charge is 0.191 e. The molecule has 28 heavy (non-hydrogen) atoms. The Morgan fingerprint density at radius 2 is 2.21 bits per heavy atom. The summed E-state index contributed by atoms with van der Waals surface area (Å²) in [6.07, 6.45) is 3.87. The molecule has 3 aromatic rings. The van der Waals surface area contributed by atoms with Gasteiger partial charge in [0.05, 0.1) is 25.4 Å². The molecule has 1 unspecified atom stereocenters. The summed E-state index contributed by atoms with van der Waals surface area (Å²) in [5, 5.41) is 12.0. The Bertz CT molecular complexity index is 918. The Morgan fingerprint density at radius 3 is 2.89 bits per heavy atom. The second-order valence-electron chi connectivity index (χ2n) is 6.40. The van der Waals surface area contributed by atoms with Crippen LogP contribution in [0.5, 0.6) is 5.75 Å². The third-order valence-electron chi connectivity index (χ3n) is 4.23. The summed E-state index contributed by atoms with van der Waals surface area (Å²) in [7, 11) is 1.76. The molecule has 8 heteroatoms. The lowest BCUT2D eigenvalue weighted by Gasteiger charge is -2.16. The Balaban J connectivity index is 0.00000280. The first kappa shape index (κ1) is 22.1. The molecule has 0 saturated heterocycles. The van der Waals surface area contributed by atoms with Crippen molar-refractivity contribution in [2.24, 2.45) is 4.99 Å². The lowest BCUT2D eigenvalue weighted by molar-refractivity contribution is 0.336. The molecule has 2 heterocycles. The first-order valence-electron chi connectivity index (χ1n) is 9.22. The highest BCUT2D eigenvalue weighted by Gasteiger charge is 2.15. The summed E-state index contributed by atoms with van der Waals surface area (Å²) in [6.45, 7) is 8.14. The largest absolute Gasteiger partial charge is 0.490 e. The molecule has 1 aromatic carbocycles. The zero-order valence-electron chi connectivity index (χ0n) is 16.7. The summed E-state index contributed by atoms with van der Waals surface area (Å²) >= 11 is 0. The van der Waals surface area contributed by atoms with Gasteiger partial charge in [-0.3, -0.25) is 9.67 Å². The number of aromatic nitrogens is 2. The fourth-order valence-corrected chi connectivity index (χ4v) is 2.89. The molecule has 2 aromatic heterocycles. The van der Waals surface area contributed by atoms with Crippen LogP contribution in [0.15, 0.2) is 46.1 Å². The normalized spacial score (nSPS) is 12.5. The van der Waals surface area contributed by atoms with Crippen LogP contribution in [0.2, 0.25) is 0 Å². The topological polar surface area (TPSA) is 76.6 Å². The first-order valence-corrected chi connectivity index (χ1v) is 9.22. The van der Waals surface area contributed by atoms with Gasteiger partial charge in [0.25, 0.3) is 0 Å². The maximum absolute atomic E-state index is 6.05. The summed E-state index contributed by atoms with van der Waals surface area (Å²) in [5.74, 6) is 2.32. The van der Waals surface area contributed by atoms with Crippen molar-refractivity contribution in [2.45, 2.75) is 33.4 Å². The second kappa shape index (κ2) is 10.4. The molecule has 1 atom stereocenters. The molecular weight excluding hydrogens is 469 g/mol. The number of halogens is 1. The minimum Gasteiger partial charge on any atom is -0.490 e. The monoisotopic (exact) mass is 497 g/mol. The van der Waals surface area contributed by atoms with Gasteiger partial charge in [-0.1, -0.05) is 12.1 Å². The van der Waals surface area contributed by atoms with Gasteiger partial charge >= 0.3 is 0 Å². The maximum atomic E-state index is 6.05. The van der Waals surface area contributed by atoms with Crippen molar-refractivity contribution in [1.82, 2.24) is 20.4 Å². The van der Waals surface area contributed by atoms with Gasteiger partial charge < -0.3 is 19.8 Å². The van der Waals surface area contributed by atoms with Gasteiger partial charge in [0.1, 0.15) is 5.76 Å². The molecule has 0 radical (unpaired) electrons. The average molecular weight is 497 g/mol. The number of benzene rings is 1. The predicted octanol–water partition coefficient (Wildman–Crippen LogP) is 3.88. The molecule has 2 N–H and O–H groups in total. The van der Waals surface area contributed by atoms with Crippen molar-refractivity contribution in [1.29, 1.82) is 0 Å². The number of ether oxygens (including phenoxy) is 1. The van der Waals surface area contributed by atoms with E-state index in [-0.39, 0.29) is 30.0 Å². The molecule has 0 aliphatic heterocycles. The van der Waals surface area contributed by atoms with E-state index in [1.807, 2.05) is 62.1 Å². The Kier molecular flexibility index (Phi) is 8.16. The zero-order valence-corrected chi connectivity index (χ0v) is 19.1. The van der Waals surface area contributed by atoms with Crippen molar-refractivity contribution < 1.29 is 9.15 Å². The van der Waals surface area contributed by atoms with Crippen LogP contribution in [0.4, 0.5) is 0 Å². The lowest BCUT2D eigenvalue weighted by Crippen LogP contribution is -2.40. The molecule has 0 aliphatic carbocycles. The SMILES string of the molecule is CCOc1cccc2cc(C(C)NC(=NC)NCCn3cc(C)cn3)oc12.I. The molecule has 7 nitrogen and oxygen atoms in total. The number of nitrogens with one attached hydrogen (secondary N) is 2. The van der Waals surface area contributed by atoms with Crippen LogP contribution in [0.1, 0.15) is 31.2 Å². The van der Waals surface area contributed by atoms with Crippen LogP contribution in [0, 0.1) is 6.92 Å². The van der Waals surface area contributed by atoms with Crippen molar-refractivity contribution in [3.05, 3.63) is 48.0 Å². The van der Waals surface area contributed by atoms with E-state index in [9.17, 15) is 0 Å². The Labute approximate surface area is 182 Å². The van der Waals surface area contributed by atoms with E-state index in [0.29, 0.717) is 6.61 Å². The molecule has 0 spiro atoms. The van der Waals surface area contributed by atoms with Crippen molar-refractivity contribution >= 4 is 40.9 Å². The predicted molar refractivity (Wildman–Crippen MR) is 123 cm³/mol. The van der Waals surface area contributed by atoms with E-state index in [1.165, 1.54) is 0 Å². The lowest BCUT2D eigenvalue weighted by atomic mass is 10.2. The number of hydrogen-bond acceptors (Lipinski definition) is 4. The number of guanidine groups is 1. The van der Waals surface area contributed by atoms with Crippen LogP contribution in [0.25, 0.3) is 11.0 Å². The quantitative estimate of drug-likeness (QED) is 0.295. The summed E-state index contributed by atoms with van der Waals surface area (Å²) < 4.78 is 13.6. The van der Waals surface area contributed by atoms with Crippen LogP contribution >= 0.6 is 24.0 Å². The minimum absolute atomic E-state index is 0. The molecular formula is C20H28IN5O2. The Hall–Kier alpha value is -2.23. The maximum Gasteiger partial charge on any atom is 0.191 e. The van der Waals surface area contributed by atoms with Crippen molar-refractivity contribution in [3.63, 3.8) is 0 Å². The van der Waals surface area contributed by atoms with E-state index in [1.54, 1.807) is 7.05 Å². The van der Waals surface area contributed by atoms with Crippen LogP contribution in [0.3, 0.4) is 0 Å². The number of rotatable bonds is 7. The fourth-order valence-electron chi connectivity index (χ4n) is 2.89. The average Bonchev–Trinajstić information content (AvgIpc) is 3.28. The summed E-state index contributed by atoms with van der Waals surface area (Å²) in [5.41, 5.74) is 1.93. The van der Waals surface area contributed by atoms with E-state index in [2.05, 4.69) is 20.7 Å². The standard InChI is InChI=1S/C20H27N5O2.HI/c1-5-26-17-8-6-7-16-11-18(27-19(16)17)15(3)24-20(21-4)22-9-10-25-13-14(2)12-23-25;/h6-8,11-13,15H,5,9-10H2,1-4H3,(H2,21,22,24);1H. The minimum atomic E-state index is -0.0370. The van der Waals surface area contributed by atoms with Crippen LogP contribution in [-0.2, 0) is 6.54 Å². The van der Waals surface area contributed by atoms with Gasteiger partial charge in [-0.05, 0) is 38.5 Å². The Morgan fingerprint density at radius 1 is 1.39 bits per heavy atom. The molecule has 0 amide bonds. The van der Waals surface area contributed by atoms with E-state index < -0.39 is 0 Å². The molecule has 0 fully saturated rings. The third kappa shape index (κ3) is 5.40. The van der Waals surface area contributed by atoms with Gasteiger partial charge in [-0.25, -0.2) is 0 Å². The summed E-state index contributed by atoms with van der Waals surface area (Å²) in [4.78, 5) is 4.29. The highest BCUT2D eigenvalue weighted by Crippen LogP contribution is 2.31. The molecule has 3 rings (SSSR count). The third-order valence-corrected chi connectivity index (χ3v) is 4.23. The molecule has 0 saturated carbocycles. The van der Waals surface area contributed by atoms with Crippen LogP contribution < -0.4 is 15.4 Å². The molecule has 0 bridgehead atoms. The first-order chi connectivity index (χ1) is 13.1. The van der Waals surface area contributed by atoms with Gasteiger partial charge in [0.15, 0.2) is 17.3 Å². The second-order valence-corrected chi connectivity index (χ2v) is 6.40. The molecule has 152 valence electrons.